The molecule has 1 amide bonds. The molecular formula is C27H30N4O7. The second-order valence-corrected chi connectivity index (χ2v) is 10.1. The first-order valence-corrected chi connectivity index (χ1v) is 12.3. The number of rotatable bonds is 7. The number of non-ortho nitro benzene ring substituents is 1. The van der Waals surface area contributed by atoms with Crippen LogP contribution in [0.15, 0.2) is 60.7 Å². The van der Waals surface area contributed by atoms with E-state index >= 15 is 0 Å². The number of amides is 1. The lowest BCUT2D eigenvalue weighted by Crippen LogP contribution is -2.27. The number of hydrogen-bond donors (Lipinski definition) is 1. The Balaban J connectivity index is 1.35. The van der Waals surface area contributed by atoms with E-state index in [-0.39, 0.29) is 30.1 Å². The molecule has 0 unspecified atom stereocenters. The number of nitrogens with zero attached hydrogens (tertiary/aromatic N) is 3. The van der Waals surface area contributed by atoms with Gasteiger partial charge in [-0.3, -0.25) is 15.4 Å². The van der Waals surface area contributed by atoms with Gasteiger partial charge in [0.05, 0.1) is 16.2 Å². The molecule has 1 N–H and O–H groups in total. The first kappa shape index (κ1) is 26.6. The van der Waals surface area contributed by atoms with Crippen LogP contribution in [0, 0.1) is 10.1 Å². The normalized spacial score (nSPS) is 17.0. The number of benzene rings is 2. The van der Waals surface area contributed by atoms with Crippen LogP contribution in [0.3, 0.4) is 0 Å². The number of nitro benzene ring substituents is 1. The topological polar surface area (TPSA) is 135 Å². The van der Waals surface area contributed by atoms with Gasteiger partial charge in [0, 0.05) is 24.1 Å². The van der Waals surface area contributed by atoms with Gasteiger partial charge in [-0.25, -0.2) is 14.3 Å². The second kappa shape index (κ2) is 11.3. The summed E-state index contributed by atoms with van der Waals surface area (Å²) < 4.78 is 17.7. The molecule has 0 radical (unpaired) electrons. The number of nitrogens with one attached hydrogen (secondary N) is 1. The van der Waals surface area contributed by atoms with Crippen molar-refractivity contribution in [3.8, 4) is 5.75 Å². The highest BCUT2D eigenvalue weighted by Crippen LogP contribution is 2.37. The third-order valence-electron chi connectivity index (χ3n) is 6.12. The molecule has 1 heterocycles. The van der Waals surface area contributed by atoms with Crippen LogP contribution in [0.2, 0.25) is 0 Å². The van der Waals surface area contributed by atoms with Crippen molar-refractivity contribution >= 4 is 23.8 Å². The molecule has 11 heteroatoms. The maximum absolute atomic E-state index is 12.5. The van der Waals surface area contributed by atoms with Gasteiger partial charge in [-0.2, -0.15) is 5.10 Å². The number of anilines is 1. The van der Waals surface area contributed by atoms with E-state index in [1.54, 1.807) is 4.68 Å². The fraction of sp³-hybridized carbons (Fsp3) is 0.370. The summed E-state index contributed by atoms with van der Waals surface area (Å²) in [4.78, 5) is 35.0. The van der Waals surface area contributed by atoms with E-state index in [1.165, 1.54) is 24.3 Å². The quantitative estimate of drug-likeness (QED) is 0.169. The van der Waals surface area contributed by atoms with Gasteiger partial charge < -0.3 is 14.2 Å². The minimum absolute atomic E-state index is 0.0247. The Morgan fingerprint density at radius 2 is 1.82 bits per heavy atom. The monoisotopic (exact) mass is 522 g/mol. The summed E-state index contributed by atoms with van der Waals surface area (Å²) in [7, 11) is 0. The average molecular weight is 523 g/mol. The Labute approximate surface area is 219 Å². The highest BCUT2D eigenvalue weighted by Gasteiger charge is 2.33. The first-order valence-electron chi connectivity index (χ1n) is 12.3. The summed E-state index contributed by atoms with van der Waals surface area (Å²) in [5.74, 6) is 0.707. The Morgan fingerprint density at radius 3 is 2.47 bits per heavy atom. The molecule has 3 aromatic rings. The number of ether oxygens (including phenoxy) is 3. The Hall–Kier alpha value is -4.41. The first-order chi connectivity index (χ1) is 18.1. The van der Waals surface area contributed by atoms with Crippen molar-refractivity contribution in [3.63, 3.8) is 0 Å². The van der Waals surface area contributed by atoms with E-state index in [0.717, 1.165) is 17.7 Å². The van der Waals surface area contributed by atoms with Crippen LogP contribution in [0.1, 0.15) is 57.2 Å². The van der Waals surface area contributed by atoms with Crippen LogP contribution >= 0.6 is 0 Å². The molecule has 1 aromatic heterocycles. The van der Waals surface area contributed by atoms with Crippen LogP contribution in [-0.4, -0.2) is 33.1 Å². The van der Waals surface area contributed by atoms with E-state index in [9.17, 15) is 19.7 Å². The molecular weight excluding hydrogens is 492 g/mol. The number of carbonyl (C=O) groups excluding carboxylic acids is 2. The van der Waals surface area contributed by atoms with Crippen LogP contribution in [-0.2, 0) is 21.6 Å². The van der Waals surface area contributed by atoms with Gasteiger partial charge in [-0.15, -0.1) is 0 Å². The van der Waals surface area contributed by atoms with Crippen LogP contribution in [0.5, 0.6) is 5.75 Å². The van der Waals surface area contributed by atoms with Crippen LogP contribution in [0.4, 0.5) is 21.1 Å². The van der Waals surface area contributed by atoms with E-state index in [4.69, 9.17) is 19.3 Å². The summed E-state index contributed by atoms with van der Waals surface area (Å²) in [6, 6.07) is 16.4. The van der Waals surface area contributed by atoms with Gasteiger partial charge in [0.15, 0.2) is 0 Å². The zero-order chi connectivity index (χ0) is 27.3. The molecule has 11 nitrogen and oxygen atoms in total. The van der Waals surface area contributed by atoms with Crippen molar-refractivity contribution in [2.24, 2.45) is 0 Å². The molecule has 2 aromatic carbocycles. The van der Waals surface area contributed by atoms with Gasteiger partial charge in [0.1, 0.15) is 24.3 Å². The maximum atomic E-state index is 12.5. The zero-order valence-corrected chi connectivity index (χ0v) is 21.5. The Morgan fingerprint density at radius 1 is 1.11 bits per heavy atom. The molecule has 1 saturated carbocycles. The van der Waals surface area contributed by atoms with Crippen LogP contribution < -0.4 is 10.1 Å². The number of hydrogen-bond acceptors (Lipinski definition) is 8. The van der Waals surface area contributed by atoms with E-state index in [1.807, 2.05) is 57.2 Å². The molecule has 0 bridgehead atoms. The summed E-state index contributed by atoms with van der Waals surface area (Å²) in [6.07, 6.45) is 0.117. The van der Waals surface area contributed by atoms with E-state index in [2.05, 4.69) is 5.32 Å². The van der Waals surface area contributed by atoms with Gasteiger partial charge in [0.25, 0.3) is 5.69 Å². The molecule has 4 rings (SSSR count). The van der Waals surface area contributed by atoms with Crippen molar-refractivity contribution in [1.29, 1.82) is 0 Å². The van der Waals surface area contributed by atoms with Gasteiger partial charge >= 0.3 is 12.2 Å². The highest BCUT2D eigenvalue weighted by atomic mass is 16.7. The lowest BCUT2D eigenvalue weighted by Gasteiger charge is -2.22. The minimum atomic E-state index is -0.867. The van der Waals surface area contributed by atoms with Crippen molar-refractivity contribution < 1.29 is 28.7 Å². The summed E-state index contributed by atoms with van der Waals surface area (Å²) >= 11 is 0. The van der Waals surface area contributed by atoms with Gasteiger partial charge in [0.2, 0.25) is 0 Å². The molecule has 1 aliphatic rings. The predicted octanol–water partition coefficient (Wildman–Crippen LogP) is 6.15. The molecule has 0 aliphatic heterocycles. The lowest BCUT2D eigenvalue weighted by molar-refractivity contribution is -0.384. The molecule has 0 spiro atoms. The molecule has 2 atom stereocenters. The number of carbonyl (C=O) groups is 2. The fourth-order valence-corrected chi connectivity index (χ4v) is 4.27. The van der Waals surface area contributed by atoms with Crippen molar-refractivity contribution in [2.45, 2.75) is 64.2 Å². The van der Waals surface area contributed by atoms with Crippen molar-refractivity contribution in [3.05, 3.63) is 82.0 Å². The molecule has 38 heavy (non-hydrogen) atoms. The third-order valence-corrected chi connectivity index (χ3v) is 6.12. The maximum Gasteiger partial charge on any atom is 0.514 e. The Bertz CT molecular complexity index is 1280. The number of aromatic nitrogens is 2. The zero-order valence-electron chi connectivity index (χ0n) is 21.5. The summed E-state index contributed by atoms with van der Waals surface area (Å²) in [5, 5.41) is 18.3. The standard InChI is InChI=1S/C27H30N4O7/c1-27(2,3)30-24(28-25(32)36-17-18-7-5-4-6-8-18)16-23(29-30)19-9-12-22(15-19)38-26(33)37-21-13-10-20(11-14-21)31(34)35/h4-8,10-11,13-14,16,19,22H,9,12,15,17H2,1-3H3,(H,28,32)/t19-,22+/m0/s1. The fourth-order valence-electron chi connectivity index (χ4n) is 4.27. The van der Waals surface area contributed by atoms with Gasteiger partial charge in [-0.05, 0) is 57.7 Å². The Kier molecular flexibility index (Phi) is 7.94. The second-order valence-electron chi connectivity index (χ2n) is 10.1. The smallest absolute Gasteiger partial charge is 0.444 e. The molecule has 1 aliphatic carbocycles. The highest BCUT2D eigenvalue weighted by molar-refractivity contribution is 5.83. The average Bonchev–Trinajstić information content (AvgIpc) is 3.51. The molecule has 200 valence electrons. The largest absolute Gasteiger partial charge is 0.514 e. The van der Waals surface area contributed by atoms with Crippen molar-refractivity contribution in [1.82, 2.24) is 9.78 Å². The SMILES string of the molecule is CC(C)(C)n1nc([C@H]2CC[C@@H](OC(=O)Oc3ccc([N+](=O)[O-])cc3)C2)cc1NC(=O)OCc1ccccc1. The lowest BCUT2D eigenvalue weighted by atomic mass is 10.0. The third kappa shape index (κ3) is 6.87. The number of nitro groups is 1. The van der Waals surface area contributed by atoms with E-state index in [0.29, 0.717) is 18.7 Å². The predicted molar refractivity (Wildman–Crippen MR) is 138 cm³/mol. The van der Waals surface area contributed by atoms with E-state index < -0.39 is 22.7 Å². The van der Waals surface area contributed by atoms with Gasteiger partial charge in [-0.1, -0.05) is 30.3 Å². The minimum Gasteiger partial charge on any atom is -0.444 e. The van der Waals surface area contributed by atoms with Crippen molar-refractivity contribution in [2.75, 3.05) is 5.32 Å². The van der Waals surface area contributed by atoms with Crippen LogP contribution in [0.25, 0.3) is 0 Å². The molecule has 0 saturated heterocycles. The summed E-state index contributed by atoms with van der Waals surface area (Å²) in [6.45, 7) is 6.11. The molecule has 1 fully saturated rings. The summed E-state index contributed by atoms with van der Waals surface area (Å²) in [5.41, 5.74) is 1.17.